The van der Waals surface area contributed by atoms with E-state index in [1.54, 1.807) is 30.5 Å². The predicted molar refractivity (Wildman–Crippen MR) is 113 cm³/mol. The van der Waals surface area contributed by atoms with Gasteiger partial charge in [0.05, 0.1) is 23.0 Å². The van der Waals surface area contributed by atoms with E-state index in [0.29, 0.717) is 29.5 Å². The van der Waals surface area contributed by atoms with Crippen molar-refractivity contribution in [1.29, 1.82) is 0 Å². The lowest BCUT2D eigenvalue weighted by Crippen LogP contribution is -2.17. The first-order chi connectivity index (χ1) is 12.5. The van der Waals surface area contributed by atoms with Crippen LogP contribution in [0.3, 0.4) is 0 Å². The number of rotatable bonds is 8. The number of amides is 1. The van der Waals surface area contributed by atoms with Gasteiger partial charge < -0.3 is 9.47 Å². The number of ether oxygens (including phenoxy) is 2. The van der Waals surface area contributed by atoms with Crippen LogP contribution in [-0.2, 0) is 0 Å². The Balaban J connectivity index is 2.12. The molecule has 7 heteroatoms. The number of carbonyl (C=O) groups is 1. The molecule has 0 spiro atoms. The molecule has 26 heavy (non-hydrogen) atoms. The zero-order valence-corrected chi connectivity index (χ0v) is 17.5. The number of nitrogens with zero attached hydrogens (tertiary/aromatic N) is 1. The van der Waals surface area contributed by atoms with E-state index in [2.05, 4.69) is 40.0 Å². The first kappa shape index (κ1) is 20.5. The minimum absolute atomic E-state index is 0.327. The van der Waals surface area contributed by atoms with Gasteiger partial charge in [0.25, 0.3) is 5.91 Å². The summed E-state index contributed by atoms with van der Waals surface area (Å²) in [5.41, 5.74) is 3.74. The van der Waals surface area contributed by atoms with Gasteiger partial charge in [-0.25, -0.2) is 5.43 Å². The van der Waals surface area contributed by atoms with Gasteiger partial charge >= 0.3 is 0 Å². The Bertz CT molecular complexity index is 796. The van der Waals surface area contributed by atoms with Crippen molar-refractivity contribution < 1.29 is 14.3 Å². The van der Waals surface area contributed by atoms with E-state index in [4.69, 9.17) is 21.1 Å². The summed E-state index contributed by atoms with van der Waals surface area (Å²) in [4.78, 5) is 12.1. The summed E-state index contributed by atoms with van der Waals surface area (Å²) in [5, 5.41) is 4.51. The molecular formula is C19H20ClIN2O3. The number of nitrogens with one attached hydrogen (secondary N) is 1. The van der Waals surface area contributed by atoms with Gasteiger partial charge in [-0.1, -0.05) is 24.6 Å². The fourth-order valence-corrected chi connectivity index (χ4v) is 3.10. The maximum atomic E-state index is 12.1. The summed E-state index contributed by atoms with van der Waals surface area (Å²) in [7, 11) is 0. The minimum Gasteiger partial charge on any atom is -0.490 e. The second-order valence-corrected chi connectivity index (χ2v) is 6.92. The van der Waals surface area contributed by atoms with Crippen molar-refractivity contribution in [3.05, 3.63) is 56.1 Å². The molecule has 0 unspecified atom stereocenters. The van der Waals surface area contributed by atoms with Gasteiger partial charge in [0.2, 0.25) is 0 Å². The lowest BCUT2D eigenvalue weighted by atomic mass is 10.2. The first-order valence-corrected chi connectivity index (χ1v) is 9.69. The van der Waals surface area contributed by atoms with Gasteiger partial charge in [0, 0.05) is 10.6 Å². The molecule has 0 atom stereocenters. The van der Waals surface area contributed by atoms with E-state index in [1.165, 1.54) is 0 Å². The highest BCUT2D eigenvalue weighted by molar-refractivity contribution is 14.1. The second-order valence-electron chi connectivity index (χ2n) is 5.32. The van der Waals surface area contributed by atoms with Crippen LogP contribution in [0.15, 0.2) is 41.5 Å². The number of benzene rings is 2. The Hall–Kier alpha value is -1.80. The van der Waals surface area contributed by atoms with Crippen molar-refractivity contribution in [1.82, 2.24) is 5.43 Å². The summed E-state index contributed by atoms with van der Waals surface area (Å²) >= 11 is 8.09. The molecule has 0 aromatic heterocycles. The number of hydrazone groups is 1. The highest BCUT2D eigenvalue weighted by atomic mass is 127. The van der Waals surface area contributed by atoms with Crippen LogP contribution >= 0.6 is 34.2 Å². The number of hydrogen-bond acceptors (Lipinski definition) is 4. The van der Waals surface area contributed by atoms with Gasteiger partial charge in [0.15, 0.2) is 11.5 Å². The molecule has 0 radical (unpaired) electrons. The van der Waals surface area contributed by atoms with E-state index < -0.39 is 0 Å². The van der Waals surface area contributed by atoms with Gasteiger partial charge in [-0.2, -0.15) is 5.10 Å². The van der Waals surface area contributed by atoms with Crippen LogP contribution in [0.2, 0.25) is 5.02 Å². The molecule has 0 aliphatic carbocycles. The fourth-order valence-electron chi connectivity index (χ4n) is 2.13. The second kappa shape index (κ2) is 10.4. The van der Waals surface area contributed by atoms with Crippen molar-refractivity contribution in [2.24, 2.45) is 5.10 Å². The van der Waals surface area contributed by atoms with Gasteiger partial charge in [-0.15, -0.1) is 0 Å². The first-order valence-electron chi connectivity index (χ1n) is 8.23. The quantitative estimate of drug-likeness (QED) is 0.328. The highest BCUT2D eigenvalue weighted by Gasteiger charge is 2.11. The van der Waals surface area contributed by atoms with Crippen molar-refractivity contribution in [2.45, 2.75) is 20.3 Å². The third-order valence-electron chi connectivity index (χ3n) is 3.25. The molecule has 0 aliphatic heterocycles. The van der Waals surface area contributed by atoms with E-state index in [0.717, 1.165) is 21.3 Å². The topological polar surface area (TPSA) is 59.9 Å². The van der Waals surface area contributed by atoms with Crippen molar-refractivity contribution in [3.8, 4) is 11.5 Å². The molecule has 0 fully saturated rings. The third-order valence-corrected chi connectivity index (χ3v) is 4.29. The smallest absolute Gasteiger partial charge is 0.271 e. The van der Waals surface area contributed by atoms with Crippen LogP contribution in [-0.4, -0.2) is 25.3 Å². The molecule has 138 valence electrons. The molecule has 2 rings (SSSR count). The van der Waals surface area contributed by atoms with Gasteiger partial charge in [-0.3, -0.25) is 4.79 Å². The number of halogens is 2. The Labute approximate surface area is 171 Å². The maximum absolute atomic E-state index is 12.1. The molecule has 5 nitrogen and oxygen atoms in total. The van der Waals surface area contributed by atoms with E-state index in [9.17, 15) is 4.79 Å². The third kappa shape index (κ3) is 5.88. The number of carbonyl (C=O) groups excluding carboxylic acids is 1. The average Bonchev–Trinajstić information content (AvgIpc) is 2.61. The molecule has 0 saturated heterocycles. The summed E-state index contributed by atoms with van der Waals surface area (Å²) in [6.07, 6.45) is 2.48. The Kier molecular flexibility index (Phi) is 8.18. The molecule has 0 heterocycles. The average molecular weight is 487 g/mol. The minimum atomic E-state index is -0.327. The summed E-state index contributed by atoms with van der Waals surface area (Å²) in [6.45, 7) is 5.13. The Morgan fingerprint density at radius 3 is 2.77 bits per heavy atom. The van der Waals surface area contributed by atoms with Crippen LogP contribution in [0.5, 0.6) is 11.5 Å². The summed E-state index contributed by atoms with van der Waals surface area (Å²) in [5.74, 6) is 1.07. The van der Waals surface area contributed by atoms with E-state index in [1.807, 2.05) is 19.1 Å². The van der Waals surface area contributed by atoms with Crippen molar-refractivity contribution in [3.63, 3.8) is 0 Å². The van der Waals surface area contributed by atoms with Crippen LogP contribution < -0.4 is 14.9 Å². The van der Waals surface area contributed by atoms with Crippen LogP contribution in [0.25, 0.3) is 0 Å². The van der Waals surface area contributed by atoms with E-state index >= 15 is 0 Å². The Morgan fingerprint density at radius 1 is 1.27 bits per heavy atom. The highest BCUT2D eigenvalue weighted by Crippen LogP contribution is 2.34. The Morgan fingerprint density at radius 2 is 2.08 bits per heavy atom. The lowest BCUT2D eigenvalue weighted by Gasteiger charge is -2.14. The van der Waals surface area contributed by atoms with Crippen LogP contribution in [0, 0.1) is 3.57 Å². The molecule has 0 bridgehead atoms. The molecule has 1 N–H and O–H groups in total. The lowest BCUT2D eigenvalue weighted by molar-refractivity contribution is 0.0955. The van der Waals surface area contributed by atoms with Gasteiger partial charge in [-0.05, 0) is 71.8 Å². The number of hydrogen-bond donors (Lipinski definition) is 1. The van der Waals surface area contributed by atoms with Gasteiger partial charge in [0.1, 0.15) is 0 Å². The SMILES string of the molecule is CCCOc1c(I)cc(/C=N/NC(=O)c2cccc(Cl)c2)cc1OCC. The molecule has 2 aromatic carbocycles. The fraction of sp³-hybridized carbons (Fsp3) is 0.263. The standard InChI is InChI=1S/C19H20ClIN2O3/c1-3-8-26-18-16(21)9-13(10-17(18)25-4-2)12-22-23-19(24)14-6-5-7-15(20)11-14/h5-7,9-12H,3-4,8H2,1-2H3,(H,23,24)/b22-12+. The zero-order chi connectivity index (χ0) is 18.9. The molecular weight excluding hydrogens is 467 g/mol. The zero-order valence-electron chi connectivity index (χ0n) is 14.6. The monoisotopic (exact) mass is 486 g/mol. The molecule has 0 saturated carbocycles. The normalized spacial score (nSPS) is 10.8. The molecule has 0 aliphatic rings. The van der Waals surface area contributed by atoms with Crippen LogP contribution in [0.1, 0.15) is 36.2 Å². The van der Waals surface area contributed by atoms with Crippen LogP contribution in [0.4, 0.5) is 0 Å². The summed E-state index contributed by atoms with van der Waals surface area (Å²) < 4.78 is 12.4. The maximum Gasteiger partial charge on any atom is 0.271 e. The predicted octanol–water partition coefficient (Wildman–Crippen LogP) is 4.90. The molecule has 2 aromatic rings. The van der Waals surface area contributed by atoms with Crippen molar-refractivity contribution >= 4 is 46.3 Å². The summed E-state index contributed by atoms with van der Waals surface area (Å²) in [6, 6.07) is 10.4. The molecule has 1 amide bonds. The van der Waals surface area contributed by atoms with E-state index in [-0.39, 0.29) is 5.91 Å². The van der Waals surface area contributed by atoms with Crippen molar-refractivity contribution in [2.75, 3.05) is 13.2 Å². The largest absolute Gasteiger partial charge is 0.490 e.